The fourth-order valence-electron chi connectivity index (χ4n) is 2.42. The van der Waals surface area contributed by atoms with Crippen LogP contribution in [0.15, 0.2) is 12.1 Å². The van der Waals surface area contributed by atoms with Crippen molar-refractivity contribution in [2.75, 3.05) is 25.6 Å². The van der Waals surface area contributed by atoms with Gasteiger partial charge in [0, 0.05) is 26.1 Å². The molecular formula is C19H28ClNO5. The Bertz CT molecular complexity index is 640. The van der Waals surface area contributed by atoms with E-state index in [1.54, 1.807) is 32.9 Å². The molecular weight excluding hydrogens is 358 g/mol. The van der Waals surface area contributed by atoms with Crippen molar-refractivity contribution in [3.05, 3.63) is 22.7 Å². The van der Waals surface area contributed by atoms with Crippen LogP contribution in [0.2, 0.25) is 5.02 Å². The molecule has 0 bridgehead atoms. The van der Waals surface area contributed by atoms with E-state index in [-0.39, 0.29) is 12.0 Å². The molecule has 0 saturated carbocycles. The highest BCUT2D eigenvalue weighted by Crippen LogP contribution is 2.34. The molecule has 1 aromatic carbocycles. The molecule has 26 heavy (non-hydrogen) atoms. The molecule has 0 spiro atoms. The van der Waals surface area contributed by atoms with Crippen molar-refractivity contribution in [1.82, 2.24) is 0 Å². The van der Waals surface area contributed by atoms with Crippen LogP contribution in [0.5, 0.6) is 5.75 Å². The number of ether oxygens (including phenoxy) is 2. The van der Waals surface area contributed by atoms with E-state index in [0.717, 1.165) is 18.5 Å². The van der Waals surface area contributed by atoms with Crippen molar-refractivity contribution in [2.24, 2.45) is 0 Å². The highest BCUT2D eigenvalue weighted by atomic mass is 35.5. The second kappa shape index (κ2) is 9.67. The van der Waals surface area contributed by atoms with Crippen LogP contribution in [0.25, 0.3) is 0 Å². The Labute approximate surface area is 160 Å². The van der Waals surface area contributed by atoms with Gasteiger partial charge in [-0.3, -0.25) is 4.79 Å². The largest absolute Gasteiger partial charge is 0.496 e. The average molecular weight is 386 g/mol. The maximum absolute atomic E-state index is 12.3. The van der Waals surface area contributed by atoms with Gasteiger partial charge in [-0.2, -0.15) is 0 Å². The maximum atomic E-state index is 12.3. The van der Waals surface area contributed by atoms with Gasteiger partial charge in [-0.1, -0.05) is 18.0 Å². The van der Waals surface area contributed by atoms with Gasteiger partial charge in [0.25, 0.3) is 0 Å². The fourth-order valence-corrected chi connectivity index (χ4v) is 2.73. The van der Waals surface area contributed by atoms with Gasteiger partial charge in [0.2, 0.25) is 0 Å². The minimum absolute atomic E-state index is 0.183. The first-order valence-electron chi connectivity index (χ1n) is 8.59. The summed E-state index contributed by atoms with van der Waals surface area (Å²) in [6.07, 6.45) is 2.50. The second-order valence-corrected chi connectivity index (χ2v) is 7.54. The summed E-state index contributed by atoms with van der Waals surface area (Å²) in [5, 5.41) is 9.09. The number of benzene rings is 1. The summed E-state index contributed by atoms with van der Waals surface area (Å²) in [6, 6.07) is 3.28. The molecule has 0 atom stereocenters. The number of rotatable bonds is 9. The molecule has 6 nitrogen and oxygen atoms in total. The Morgan fingerprint density at radius 3 is 2.38 bits per heavy atom. The van der Waals surface area contributed by atoms with Crippen LogP contribution in [-0.2, 0) is 9.53 Å². The number of methoxy groups -OCH3 is 1. The summed E-state index contributed by atoms with van der Waals surface area (Å²) in [5.41, 5.74) is 0.417. The first-order valence-corrected chi connectivity index (χ1v) is 8.96. The number of aliphatic carboxylic acids is 1. The molecule has 0 heterocycles. The third-order valence-corrected chi connectivity index (χ3v) is 3.99. The first kappa shape index (κ1) is 22.1. The van der Waals surface area contributed by atoms with E-state index >= 15 is 0 Å². The zero-order valence-electron chi connectivity index (χ0n) is 16.1. The molecule has 0 unspecified atom stereocenters. The third-order valence-electron chi connectivity index (χ3n) is 3.68. The van der Waals surface area contributed by atoms with Crippen LogP contribution < -0.4 is 9.64 Å². The van der Waals surface area contributed by atoms with Gasteiger partial charge in [-0.25, -0.2) is 4.79 Å². The quantitative estimate of drug-likeness (QED) is 0.502. The lowest BCUT2D eigenvalue weighted by atomic mass is 10.1. The number of carboxylic acids is 1. The lowest BCUT2D eigenvalue weighted by Gasteiger charge is -2.24. The SMILES string of the molecule is COc1cc(N(C)CCCCCC(=O)O)c(Cl)cc1C(=O)OC(C)(C)C. The average Bonchev–Trinajstić information content (AvgIpc) is 2.52. The van der Waals surface area contributed by atoms with E-state index in [9.17, 15) is 9.59 Å². The Hall–Kier alpha value is -1.95. The van der Waals surface area contributed by atoms with Crippen molar-refractivity contribution in [2.45, 2.75) is 52.1 Å². The maximum Gasteiger partial charge on any atom is 0.342 e. The van der Waals surface area contributed by atoms with Crippen molar-refractivity contribution in [3.63, 3.8) is 0 Å². The third kappa shape index (κ3) is 7.12. The van der Waals surface area contributed by atoms with Crippen molar-refractivity contribution in [1.29, 1.82) is 0 Å². The molecule has 1 aromatic rings. The summed E-state index contributed by atoms with van der Waals surface area (Å²) in [5.74, 6) is -0.862. The number of nitrogens with zero attached hydrogens (tertiary/aromatic N) is 1. The monoisotopic (exact) mass is 385 g/mol. The minimum Gasteiger partial charge on any atom is -0.496 e. The first-order chi connectivity index (χ1) is 12.0. The van der Waals surface area contributed by atoms with Crippen LogP contribution in [0.4, 0.5) is 5.69 Å². The molecule has 0 fully saturated rings. The van der Waals surface area contributed by atoms with Crippen LogP contribution in [0, 0.1) is 0 Å². The number of anilines is 1. The molecule has 0 aliphatic carbocycles. The van der Waals surface area contributed by atoms with Gasteiger partial charge in [-0.15, -0.1) is 0 Å². The summed E-state index contributed by atoms with van der Waals surface area (Å²) in [6.45, 7) is 6.11. The number of hydrogen-bond acceptors (Lipinski definition) is 5. The van der Waals surface area contributed by atoms with E-state index in [4.69, 9.17) is 26.2 Å². The van der Waals surface area contributed by atoms with Crippen LogP contribution in [0.3, 0.4) is 0 Å². The van der Waals surface area contributed by atoms with E-state index in [2.05, 4.69) is 0 Å². The summed E-state index contributed by atoms with van der Waals surface area (Å²) < 4.78 is 10.7. The Balaban J connectivity index is 2.84. The minimum atomic E-state index is -0.774. The predicted molar refractivity (Wildman–Crippen MR) is 103 cm³/mol. The van der Waals surface area contributed by atoms with Crippen molar-refractivity contribution >= 4 is 29.2 Å². The number of esters is 1. The van der Waals surface area contributed by atoms with Crippen molar-refractivity contribution < 1.29 is 24.2 Å². The predicted octanol–water partition coefficient (Wildman–Crippen LogP) is 4.39. The molecule has 0 aromatic heterocycles. The number of unbranched alkanes of at least 4 members (excludes halogenated alkanes) is 2. The normalized spacial score (nSPS) is 11.2. The van der Waals surface area contributed by atoms with E-state index in [0.29, 0.717) is 23.7 Å². The Kier molecular flexibility index (Phi) is 8.21. The number of carbonyl (C=O) groups is 2. The Morgan fingerprint density at radius 1 is 1.19 bits per heavy atom. The van der Waals surface area contributed by atoms with Gasteiger partial charge in [0.1, 0.15) is 16.9 Å². The van der Waals surface area contributed by atoms with Crippen LogP contribution in [0.1, 0.15) is 56.8 Å². The molecule has 1 rings (SSSR count). The van der Waals surface area contributed by atoms with E-state index in [1.165, 1.54) is 7.11 Å². The van der Waals surface area contributed by atoms with Crippen LogP contribution >= 0.6 is 11.6 Å². The molecule has 1 N–H and O–H groups in total. The molecule has 7 heteroatoms. The topological polar surface area (TPSA) is 76.1 Å². The number of carbonyl (C=O) groups excluding carboxylic acids is 1. The van der Waals surface area contributed by atoms with Gasteiger partial charge in [-0.05, 0) is 39.7 Å². The number of hydrogen-bond donors (Lipinski definition) is 1. The van der Waals surface area contributed by atoms with Gasteiger partial charge in [0.05, 0.1) is 17.8 Å². The zero-order chi connectivity index (χ0) is 19.9. The summed E-state index contributed by atoms with van der Waals surface area (Å²) in [4.78, 5) is 24.8. The second-order valence-electron chi connectivity index (χ2n) is 7.13. The highest BCUT2D eigenvalue weighted by molar-refractivity contribution is 6.33. The van der Waals surface area contributed by atoms with Crippen LogP contribution in [-0.4, -0.2) is 43.3 Å². The summed E-state index contributed by atoms with van der Waals surface area (Å²) >= 11 is 6.37. The molecule has 0 aliphatic rings. The highest BCUT2D eigenvalue weighted by Gasteiger charge is 2.23. The molecule has 0 saturated heterocycles. The lowest BCUT2D eigenvalue weighted by molar-refractivity contribution is -0.137. The van der Waals surface area contributed by atoms with Crippen molar-refractivity contribution in [3.8, 4) is 5.75 Å². The fraction of sp³-hybridized carbons (Fsp3) is 0.579. The molecule has 0 radical (unpaired) electrons. The zero-order valence-corrected chi connectivity index (χ0v) is 16.9. The molecule has 146 valence electrons. The van der Waals surface area contributed by atoms with Gasteiger partial charge < -0.3 is 19.5 Å². The molecule has 0 amide bonds. The molecule has 0 aliphatic heterocycles. The smallest absolute Gasteiger partial charge is 0.342 e. The van der Waals surface area contributed by atoms with E-state index in [1.807, 2.05) is 11.9 Å². The summed E-state index contributed by atoms with van der Waals surface area (Å²) in [7, 11) is 3.39. The standard InChI is InChI=1S/C19H28ClNO5/c1-19(2,3)26-18(24)13-11-14(20)15(12-16(13)25-5)21(4)10-8-6-7-9-17(22)23/h11-12H,6-10H2,1-5H3,(H,22,23). The van der Waals surface area contributed by atoms with Gasteiger partial charge >= 0.3 is 11.9 Å². The lowest BCUT2D eigenvalue weighted by Crippen LogP contribution is -2.24. The van der Waals surface area contributed by atoms with Gasteiger partial charge in [0.15, 0.2) is 0 Å². The number of halogens is 1. The Morgan fingerprint density at radius 2 is 1.85 bits per heavy atom. The number of carboxylic acid groups (broad SMARTS) is 1. The van der Waals surface area contributed by atoms with E-state index < -0.39 is 17.5 Å².